The monoisotopic (exact) mass is 253 g/mol. The second-order valence-corrected chi connectivity index (χ2v) is 5.65. The fourth-order valence-electron chi connectivity index (χ4n) is 2.27. The zero-order chi connectivity index (χ0) is 12.4. The Kier molecular flexibility index (Phi) is 3.79. The van der Waals surface area contributed by atoms with Crippen molar-refractivity contribution < 1.29 is 4.79 Å². The van der Waals surface area contributed by atoms with Crippen molar-refractivity contribution in [1.29, 1.82) is 0 Å². The van der Waals surface area contributed by atoms with E-state index in [-0.39, 0.29) is 23.9 Å². The van der Waals surface area contributed by atoms with Crippen LogP contribution in [0.5, 0.6) is 0 Å². The first-order chi connectivity index (χ1) is 8.08. The zero-order valence-corrected chi connectivity index (χ0v) is 11.1. The second kappa shape index (κ2) is 5.14. The lowest BCUT2D eigenvalue weighted by Gasteiger charge is -2.18. The lowest BCUT2D eigenvalue weighted by molar-refractivity contribution is -0.125. The molecule has 1 aromatic heterocycles. The molecule has 1 fully saturated rings. The predicted molar refractivity (Wildman–Crippen MR) is 68.7 cm³/mol. The Bertz CT molecular complexity index is 404. The normalized spacial score (nSPS) is 25.8. The lowest BCUT2D eigenvalue weighted by atomic mass is 10.0. The van der Waals surface area contributed by atoms with E-state index in [0.717, 1.165) is 30.0 Å². The minimum absolute atomic E-state index is 0.0153. The summed E-state index contributed by atoms with van der Waals surface area (Å²) in [7, 11) is 0. The van der Waals surface area contributed by atoms with Gasteiger partial charge in [0.15, 0.2) is 0 Å². The molecule has 0 aliphatic heterocycles. The van der Waals surface area contributed by atoms with E-state index in [1.807, 2.05) is 19.2 Å². The fourth-order valence-corrected chi connectivity index (χ4v) is 3.07. The summed E-state index contributed by atoms with van der Waals surface area (Å²) in [5, 5.41) is 5.97. The summed E-state index contributed by atoms with van der Waals surface area (Å²) in [6.07, 6.45) is 2.93. The van der Waals surface area contributed by atoms with Crippen molar-refractivity contribution in [2.75, 3.05) is 0 Å². The average Bonchev–Trinajstić information content (AvgIpc) is 2.86. The van der Waals surface area contributed by atoms with Crippen molar-refractivity contribution in [3.05, 3.63) is 16.1 Å². The Morgan fingerprint density at radius 1 is 1.65 bits per heavy atom. The van der Waals surface area contributed by atoms with Gasteiger partial charge in [-0.3, -0.25) is 4.79 Å². The Balaban J connectivity index is 1.94. The van der Waals surface area contributed by atoms with Crippen LogP contribution < -0.4 is 11.1 Å². The number of rotatable bonds is 3. The Morgan fingerprint density at radius 3 is 2.94 bits per heavy atom. The molecule has 0 spiro atoms. The van der Waals surface area contributed by atoms with E-state index >= 15 is 0 Å². The second-order valence-electron chi connectivity index (χ2n) is 4.76. The molecule has 0 aromatic carbocycles. The third-order valence-electron chi connectivity index (χ3n) is 3.27. The van der Waals surface area contributed by atoms with Crippen molar-refractivity contribution in [2.24, 2.45) is 11.7 Å². The van der Waals surface area contributed by atoms with E-state index in [1.165, 1.54) is 0 Å². The molecule has 5 heteroatoms. The van der Waals surface area contributed by atoms with Gasteiger partial charge in [-0.25, -0.2) is 4.98 Å². The third-order valence-corrected chi connectivity index (χ3v) is 4.42. The molecule has 0 bridgehead atoms. The van der Waals surface area contributed by atoms with Gasteiger partial charge >= 0.3 is 0 Å². The summed E-state index contributed by atoms with van der Waals surface area (Å²) in [4.78, 5) is 16.4. The highest BCUT2D eigenvalue weighted by Crippen LogP contribution is 2.25. The van der Waals surface area contributed by atoms with Crippen LogP contribution in [0.25, 0.3) is 0 Å². The summed E-state index contributed by atoms with van der Waals surface area (Å²) in [5.41, 5.74) is 6.93. The molecule has 0 radical (unpaired) electrons. The molecular weight excluding hydrogens is 234 g/mol. The number of aryl methyl sites for hydroxylation is 1. The summed E-state index contributed by atoms with van der Waals surface area (Å²) in [5.74, 6) is 0.0638. The minimum Gasteiger partial charge on any atom is -0.347 e. The van der Waals surface area contributed by atoms with Gasteiger partial charge in [0.05, 0.1) is 12.0 Å². The molecule has 1 heterocycles. The molecule has 3 N–H and O–H groups in total. The molecule has 1 aliphatic rings. The number of hydrogen-bond donors (Lipinski definition) is 2. The van der Waals surface area contributed by atoms with E-state index in [1.54, 1.807) is 11.3 Å². The zero-order valence-electron chi connectivity index (χ0n) is 10.3. The van der Waals surface area contributed by atoms with Crippen LogP contribution in [0, 0.1) is 12.8 Å². The van der Waals surface area contributed by atoms with Gasteiger partial charge in [-0.05, 0) is 26.7 Å². The Labute approximate surface area is 106 Å². The molecule has 94 valence electrons. The third kappa shape index (κ3) is 2.84. The quantitative estimate of drug-likeness (QED) is 0.862. The van der Waals surface area contributed by atoms with Crippen LogP contribution in [0.15, 0.2) is 5.38 Å². The first kappa shape index (κ1) is 12.5. The molecule has 1 saturated carbocycles. The molecule has 1 amide bonds. The maximum atomic E-state index is 12.0. The Morgan fingerprint density at radius 2 is 2.41 bits per heavy atom. The van der Waals surface area contributed by atoms with Gasteiger partial charge < -0.3 is 11.1 Å². The molecule has 17 heavy (non-hydrogen) atoms. The average molecular weight is 253 g/mol. The smallest absolute Gasteiger partial charge is 0.225 e. The maximum absolute atomic E-state index is 12.0. The highest BCUT2D eigenvalue weighted by Gasteiger charge is 2.31. The molecule has 0 saturated heterocycles. The van der Waals surface area contributed by atoms with E-state index in [0.29, 0.717) is 0 Å². The van der Waals surface area contributed by atoms with Gasteiger partial charge in [0, 0.05) is 17.1 Å². The van der Waals surface area contributed by atoms with Crippen molar-refractivity contribution in [1.82, 2.24) is 10.3 Å². The largest absolute Gasteiger partial charge is 0.347 e. The highest BCUT2D eigenvalue weighted by molar-refractivity contribution is 7.09. The van der Waals surface area contributed by atoms with Crippen LogP contribution in [-0.4, -0.2) is 16.9 Å². The van der Waals surface area contributed by atoms with Gasteiger partial charge in [-0.2, -0.15) is 0 Å². The number of nitrogens with two attached hydrogens (primary N) is 1. The standard InChI is InChI=1S/C12H19N3OS/c1-7-6-17-12(14-7)8(2)15-11(16)9-4-3-5-10(9)13/h6,8-10H,3-5,13H2,1-2H3,(H,15,16). The van der Waals surface area contributed by atoms with Crippen LogP contribution in [0.3, 0.4) is 0 Å². The first-order valence-corrected chi connectivity index (χ1v) is 6.94. The molecule has 3 atom stereocenters. The van der Waals surface area contributed by atoms with Gasteiger partial charge in [0.2, 0.25) is 5.91 Å². The number of aromatic nitrogens is 1. The van der Waals surface area contributed by atoms with Crippen LogP contribution in [-0.2, 0) is 4.79 Å². The van der Waals surface area contributed by atoms with Crippen LogP contribution >= 0.6 is 11.3 Å². The summed E-state index contributed by atoms with van der Waals surface area (Å²) in [6, 6.07) is 0.00855. The summed E-state index contributed by atoms with van der Waals surface area (Å²) >= 11 is 1.59. The van der Waals surface area contributed by atoms with E-state index < -0.39 is 0 Å². The van der Waals surface area contributed by atoms with Crippen molar-refractivity contribution in [3.8, 4) is 0 Å². The summed E-state index contributed by atoms with van der Waals surface area (Å²) in [6.45, 7) is 3.93. The van der Waals surface area contributed by atoms with Gasteiger partial charge in [-0.15, -0.1) is 11.3 Å². The number of carbonyl (C=O) groups is 1. The van der Waals surface area contributed by atoms with Crippen LogP contribution in [0.4, 0.5) is 0 Å². The van der Waals surface area contributed by atoms with E-state index in [4.69, 9.17) is 5.73 Å². The highest BCUT2D eigenvalue weighted by atomic mass is 32.1. The molecule has 2 rings (SSSR count). The molecule has 1 aromatic rings. The van der Waals surface area contributed by atoms with E-state index in [2.05, 4.69) is 10.3 Å². The minimum atomic E-state index is -0.0194. The number of amides is 1. The molecular formula is C12H19N3OS. The fraction of sp³-hybridized carbons (Fsp3) is 0.667. The number of hydrogen-bond acceptors (Lipinski definition) is 4. The number of nitrogens with zero attached hydrogens (tertiary/aromatic N) is 1. The van der Waals surface area contributed by atoms with Crippen LogP contribution in [0.1, 0.15) is 42.9 Å². The maximum Gasteiger partial charge on any atom is 0.225 e. The van der Waals surface area contributed by atoms with Gasteiger partial charge in [0.25, 0.3) is 0 Å². The van der Waals surface area contributed by atoms with Crippen molar-refractivity contribution >= 4 is 17.2 Å². The first-order valence-electron chi connectivity index (χ1n) is 6.06. The van der Waals surface area contributed by atoms with Gasteiger partial charge in [0.1, 0.15) is 5.01 Å². The Hall–Kier alpha value is -0.940. The molecule has 3 unspecified atom stereocenters. The number of nitrogens with one attached hydrogen (secondary N) is 1. The number of carbonyl (C=O) groups excluding carboxylic acids is 1. The predicted octanol–water partition coefficient (Wildman–Crippen LogP) is 1.76. The topological polar surface area (TPSA) is 68.0 Å². The van der Waals surface area contributed by atoms with Gasteiger partial charge in [-0.1, -0.05) is 6.42 Å². The SMILES string of the molecule is Cc1csc(C(C)NC(=O)C2CCCC2N)n1. The number of thiazole rings is 1. The molecule has 1 aliphatic carbocycles. The lowest BCUT2D eigenvalue weighted by Crippen LogP contribution is -2.39. The molecule has 4 nitrogen and oxygen atoms in total. The summed E-state index contributed by atoms with van der Waals surface area (Å²) < 4.78 is 0. The van der Waals surface area contributed by atoms with Crippen molar-refractivity contribution in [2.45, 2.75) is 45.2 Å². The van der Waals surface area contributed by atoms with Crippen molar-refractivity contribution in [3.63, 3.8) is 0 Å². The van der Waals surface area contributed by atoms with E-state index in [9.17, 15) is 4.79 Å². The van der Waals surface area contributed by atoms with Crippen LogP contribution in [0.2, 0.25) is 0 Å².